The van der Waals surface area contributed by atoms with Crippen molar-refractivity contribution < 1.29 is 18.9 Å². The molecule has 1 N–H and O–H groups in total. The summed E-state index contributed by atoms with van der Waals surface area (Å²) in [6.45, 7) is 1.63. The number of thioether (sulfide) groups is 1. The van der Waals surface area contributed by atoms with E-state index in [0.29, 0.717) is 22.6 Å². The molecule has 0 fully saturated rings. The number of para-hydroxylation sites is 1. The predicted molar refractivity (Wildman–Crippen MR) is 103 cm³/mol. The van der Waals surface area contributed by atoms with Crippen LogP contribution in [0.25, 0.3) is 11.5 Å². The molecule has 0 spiro atoms. The summed E-state index contributed by atoms with van der Waals surface area (Å²) in [4.78, 5) is 22.6. The molecule has 0 atom stereocenters. The van der Waals surface area contributed by atoms with Crippen LogP contribution in [0.2, 0.25) is 0 Å². The van der Waals surface area contributed by atoms with Gasteiger partial charge in [0.2, 0.25) is 5.91 Å². The smallest absolute Gasteiger partial charge is 0.277 e. The van der Waals surface area contributed by atoms with Gasteiger partial charge in [0.05, 0.1) is 23.3 Å². The maximum atomic E-state index is 12.1. The number of hydrogen-bond acceptors (Lipinski definition) is 8. The fourth-order valence-electron chi connectivity index (χ4n) is 2.41. The van der Waals surface area contributed by atoms with Crippen molar-refractivity contribution in [2.24, 2.45) is 0 Å². The van der Waals surface area contributed by atoms with Crippen molar-refractivity contribution in [3.05, 3.63) is 58.1 Å². The van der Waals surface area contributed by atoms with Crippen molar-refractivity contribution in [2.75, 3.05) is 18.2 Å². The molecule has 144 valence electrons. The van der Waals surface area contributed by atoms with Crippen LogP contribution in [0.15, 0.2) is 52.1 Å². The Hall–Kier alpha value is -3.40. The number of nitro benzene ring substituents is 1. The molecule has 0 unspecified atom stereocenters. The molecule has 1 aromatic heterocycles. The van der Waals surface area contributed by atoms with Crippen LogP contribution in [-0.4, -0.2) is 33.9 Å². The van der Waals surface area contributed by atoms with Crippen LogP contribution in [0.1, 0.15) is 5.56 Å². The number of anilines is 1. The van der Waals surface area contributed by atoms with Crippen LogP contribution in [0, 0.1) is 17.0 Å². The molecule has 0 radical (unpaired) electrons. The van der Waals surface area contributed by atoms with E-state index in [2.05, 4.69) is 15.5 Å². The standard InChI is InChI=1S/C18H16N4O5S/c1-11-7-8-12(9-14(11)22(24)25)19-16(23)10-28-18-21-20-17(27-18)13-5-3-4-6-15(13)26-2/h3-9H,10H2,1-2H3,(H,19,23). The highest BCUT2D eigenvalue weighted by atomic mass is 32.2. The number of aromatic nitrogens is 2. The van der Waals surface area contributed by atoms with Crippen molar-refractivity contribution in [1.29, 1.82) is 0 Å². The number of hydrogen-bond donors (Lipinski definition) is 1. The Labute approximate surface area is 164 Å². The van der Waals surface area contributed by atoms with Crippen LogP contribution < -0.4 is 10.1 Å². The fourth-order valence-corrected chi connectivity index (χ4v) is 2.97. The van der Waals surface area contributed by atoms with E-state index < -0.39 is 4.92 Å². The van der Waals surface area contributed by atoms with Crippen LogP contribution in [0.4, 0.5) is 11.4 Å². The van der Waals surface area contributed by atoms with E-state index in [1.807, 2.05) is 12.1 Å². The van der Waals surface area contributed by atoms with E-state index in [1.54, 1.807) is 38.3 Å². The molecule has 0 saturated heterocycles. The zero-order valence-electron chi connectivity index (χ0n) is 15.0. The third kappa shape index (κ3) is 4.46. The lowest BCUT2D eigenvalue weighted by atomic mass is 10.2. The lowest BCUT2D eigenvalue weighted by Gasteiger charge is -2.05. The molecule has 9 nitrogen and oxygen atoms in total. The summed E-state index contributed by atoms with van der Waals surface area (Å²) in [5, 5.41) is 21.7. The number of nitro groups is 1. The number of carbonyl (C=O) groups is 1. The van der Waals surface area contributed by atoms with Crippen LogP contribution in [0.5, 0.6) is 5.75 Å². The van der Waals surface area contributed by atoms with Crippen LogP contribution in [0.3, 0.4) is 0 Å². The summed E-state index contributed by atoms with van der Waals surface area (Å²) < 4.78 is 10.8. The molecule has 10 heteroatoms. The zero-order chi connectivity index (χ0) is 20.1. The number of rotatable bonds is 7. The van der Waals surface area contributed by atoms with Gasteiger partial charge in [0.25, 0.3) is 16.8 Å². The van der Waals surface area contributed by atoms with Crippen LogP contribution >= 0.6 is 11.8 Å². The molecule has 0 saturated carbocycles. The van der Waals surface area contributed by atoms with E-state index in [4.69, 9.17) is 9.15 Å². The highest BCUT2D eigenvalue weighted by Gasteiger charge is 2.16. The van der Waals surface area contributed by atoms with Gasteiger partial charge in [-0.3, -0.25) is 14.9 Å². The molecule has 0 aliphatic carbocycles. The third-order valence-corrected chi connectivity index (χ3v) is 4.58. The Morgan fingerprint density at radius 1 is 1.29 bits per heavy atom. The lowest BCUT2D eigenvalue weighted by molar-refractivity contribution is -0.385. The fraction of sp³-hybridized carbons (Fsp3) is 0.167. The van der Waals surface area contributed by atoms with E-state index in [0.717, 1.165) is 11.8 Å². The second kappa shape index (κ2) is 8.53. The summed E-state index contributed by atoms with van der Waals surface area (Å²) in [5.41, 5.74) is 1.47. The maximum absolute atomic E-state index is 12.1. The van der Waals surface area contributed by atoms with Crippen LogP contribution in [-0.2, 0) is 4.79 Å². The minimum absolute atomic E-state index is 0.00916. The monoisotopic (exact) mass is 400 g/mol. The SMILES string of the molecule is COc1ccccc1-c1nnc(SCC(=O)Nc2ccc(C)c([N+](=O)[O-])c2)o1. The number of ether oxygens (including phenoxy) is 1. The van der Waals surface area contributed by atoms with Gasteiger partial charge >= 0.3 is 0 Å². The Morgan fingerprint density at radius 2 is 2.07 bits per heavy atom. The average Bonchev–Trinajstić information content (AvgIpc) is 3.16. The predicted octanol–water partition coefficient (Wildman–Crippen LogP) is 3.69. The highest BCUT2D eigenvalue weighted by molar-refractivity contribution is 7.99. The van der Waals surface area contributed by atoms with Gasteiger partial charge in [-0.1, -0.05) is 30.0 Å². The second-order valence-electron chi connectivity index (χ2n) is 5.67. The summed E-state index contributed by atoms with van der Waals surface area (Å²) in [5.74, 6) is 0.547. The lowest BCUT2D eigenvalue weighted by Crippen LogP contribution is -2.14. The number of methoxy groups -OCH3 is 1. The first-order valence-corrected chi connectivity index (χ1v) is 9.11. The number of nitrogens with one attached hydrogen (secondary N) is 1. The maximum Gasteiger partial charge on any atom is 0.277 e. The van der Waals surface area contributed by atoms with Gasteiger partial charge < -0.3 is 14.5 Å². The first-order valence-electron chi connectivity index (χ1n) is 8.12. The number of amides is 1. The number of carbonyl (C=O) groups excluding carboxylic acids is 1. The topological polar surface area (TPSA) is 120 Å². The van der Waals surface area contributed by atoms with E-state index in [9.17, 15) is 14.9 Å². The molecule has 2 aromatic carbocycles. The molecule has 1 amide bonds. The second-order valence-corrected chi connectivity index (χ2v) is 6.60. The molecule has 3 rings (SSSR count). The minimum Gasteiger partial charge on any atom is -0.496 e. The third-order valence-electron chi connectivity index (χ3n) is 3.76. The van der Waals surface area contributed by atoms with Gasteiger partial charge in [-0.15, -0.1) is 10.2 Å². The molecule has 0 bridgehead atoms. The van der Waals surface area contributed by atoms with Gasteiger partial charge in [-0.2, -0.15) is 0 Å². The van der Waals surface area contributed by atoms with Crippen molar-refractivity contribution in [3.63, 3.8) is 0 Å². The van der Waals surface area contributed by atoms with E-state index in [1.165, 1.54) is 6.07 Å². The summed E-state index contributed by atoms with van der Waals surface area (Å²) in [6.07, 6.45) is 0. The molecule has 3 aromatic rings. The largest absolute Gasteiger partial charge is 0.496 e. The van der Waals surface area contributed by atoms with Crippen molar-refractivity contribution >= 4 is 29.0 Å². The highest BCUT2D eigenvalue weighted by Crippen LogP contribution is 2.30. The normalized spacial score (nSPS) is 10.5. The van der Waals surface area contributed by atoms with Crippen molar-refractivity contribution in [1.82, 2.24) is 10.2 Å². The first-order chi connectivity index (χ1) is 13.5. The average molecular weight is 400 g/mol. The van der Waals surface area contributed by atoms with Gasteiger partial charge in [0, 0.05) is 17.3 Å². The van der Waals surface area contributed by atoms with E-state index in [-0.39, 0.29) is 28.5 Å². The Morgan fingerprint density at radius 3 is 2.82 bits per heavy atom. The molecule has 1 heterocycles. The molecule has 28 heavy (non-hydrogen) atoms. The Bertz CT molecular complexity index is 1020. The molecular formula is C18H16N4O5S. The summed E-state index contributed by atoms with van der Waals surface area (Å²) in [7, 11) is 1.55. The number of aryl methyl sites for hydroxylation is 1. The Balaban J connectivity index is 1.62. The number of benzene rings is 2. The zero-order valence-corrected chi connectivity index (χ0v) is 15.9. The van der Waals surface area contributed by atoms with E-state index >= 15 is 0 Å². The molecular weight excluding hydrogens is 384 g/mol. The minimum atomic E-state index is -0.489. The summed E-state index contributed by atoms with van der Waals surface area (Å²) in [6, 6.07) is 11.7. The summed E-state index contributed by atoms with van der Waals surface area (Å²) >= 11 is 1.06. The Kier molecular flexibility index (Phi) is 5.90. The number of nitrogens with zero attached hydrogens (tertiary/aromatic N) is 3. The van der Waals surface area contributed by atoms with Gasteiger partial charge in [-0.25, -0.2) is 0 Å². The quantitative estimate of drug-likeness (QED) is 0.362. The van der Waals surface area contributed by atoms with Crippen molar-refractivity contribution in [2.45, 2.75) is 12.1 Å². The molecule has 0 aliphatic rings. The van der Waals surface area contributed by atoms with Gasteiger partial charge in [0.1, 0.15) is 5.75 Å². The first kappa shape index (κ1) is 19.4. The van der Waals surface area contributed by atoms with Gasteiger partial charge in [0.15, 0.2) is 0 Å². The molecule has 0 aliphatic heterocycles. The van der Waals surface area contributed by atoms with Gasteiger partial charge in [-0.05, 0) is 25.1 Å². The van der Waals surface area contributed by atoms with Crippen molar-refractivity contribution in [3.8, 4) is 17.2 Å².